The van der Waals surface area contributed by atoms with E-state index < -0.39 is 15.9 Å². The molecule has 1 atom stereocenters. The van der Waals surface area contributed by atoms with Crippen molar-refractivity contribution < 1.29 is 12.9 Å². The Bertz CT molecular complexity index is 539. The number of hydrogen-bond acceptors (Lipinski definition) is 7. The molecule has 1 unspecified atom stereocenters. The highest BCUT2D eigenvalue weighted by Crippen LogP contribution is 2.30. The van der Waals surface area contributed by atoms with Crippen LogP contribution in [0, 0.1) is 0 Å². The number of thioether (sulfide) groups is 1. The molecule has 1 fully saturated rings. The fraction of sp³-hybridized carbons (Fsp3) is 0.846. The average molecular weight is 333 g/mol. The second-order valence-electron chi connectivity index (χ2n) is 5.64. The zero-order valence-electron chi connectivity index (χ0n) is 12.3. The molecule has 2 N–H and O–H groups in total. The smallest absolute Gasteiger partial charge is 0.243 e. The van der Waals surface area contributed by atoms with Gasteiger partial charge in [-0.2, -0.15) is 16.7 Å². The normalized spacial score (nSPS) is 18.8. The van der Waals surface area contributed by atoms with Gasteiger partial charge in [-0.25, -0.2) is 8.42 Å². The van der Waals surface area contributed by atoms with Crippen LogP contribution in [0.3, 0.4) is 0 Å². The van der Waals surface area contributed by atoms with E-state index in [0.29, 0.717) is 23.4 Å². The molecule has 0 saturated heterocycles. The third-order valence-electron chi connectivity index (χ3n) is 3.60. The molecule has 6 nitrogen and oxygen atoms in total. The minimum absolute atomic E-state index is 0.0305. The van der Waals surface area contributed by atoms with Crippen LogP contribution in [-0.4, -0.2) is 35.8 Å². The average Bonchev–Trinajstić information content (AvgIpc) is 2.92. The minimum Gasteiger partial charge on any atom is -0.338 e. The molecule has 1 aromatic rings. The van der Waals surface area contributed by atoms with E-state index in [1.807, 2.05) is 11.8 Å². The van der Waals surface area contributed by atoms with Crippen LogP contribution < -0.4 is 5.73 Å². The highest BCUT2D eigenvalue weighted by atomic mass is 32.2. The molecular formula is C13H23N3O3S2. The Balaban J connectivity index is 1.80. The van der Waals surface area contributed by atoms with Gasteiger partial charge in [0.1, 0.15) is 9.84 Å². The van der Waals surface area contributed by atoms with Crippen LogP contribution in [0.4, 0.5) is 0 Å². The van der Waals surface area contributed by atoms with Gasteiger partial charge in [-0.1, -0.05) is 24.4 Å². The lowest BCUT2D eigenvalue weighted by atomic mass is 10.0. The van der Waals surface area contributed by atoms with Gasteiger partial charge in [0.2, 0.25) is 5.89 Å². The van der Waals surface area contributed by atoms with E-state index in [-0.39, 0.29) is 5.75 Å². The molecule has 1 aliphatic carbocycles. The Morgan fingerprint density at radius 3 is 2.76 bits per heavy atom. The number of nitrogens with zero attached hydrogens (tertiary/aromatic N) is 2. The summed E-state index contributed by atoms with van der Waals surface area (Å²) < 4.78 is 27.4. The molecule has 0 aromatic carbocycles. The first-order valence-electron chi connectivity index (χ1n) is 7.31. The van der Waals surface area contributed by atoms with E-state index >= 15 is 0 Å². The molecule has 1 saturated carbocycles. The van der Waals surface area contributed by atoms with Crippen LogP contribution in [0.5, 0.6) is 0 Å². The van der Waals surface area contributed by atoms with Crippen molar-refractivity contribution in [3.05, 3.63) is 11.7 Å². The summed E-state index contributed by atoms with van der Waals surface area (Å²) in [5.74, 6) is 1.74. The predicted molar refractivity (Wildman–Crippen MR) is 83.7 cm³/mol. The van der Waals surface area contributed by atoms with E-state index in [9.17, 15) is 8.42 Å². The van der Waals surface area contributed by atoms with E-state index in [1.165, 1.54) is 38.4 Å². The molecule has 8 heteroatoms. The van der Waals surface area contributed by atoms with Crippen LogP contribution in [0.2, 0.25) is 0 Å². The van der Waals surface area contributed by atoms with Gasteiger partial charge < -0.3 is 10.3 Å². The zero-order chi connectivity index (χ0) is 15.3. The maximum atomic E-state index is 11.1. The van der Waals surface area contributed by atoms with Gasteiger partial charge >= 0.3 is 0 Å². The maximum Gasteiger partial charge on any atom is 0.243 e. The van der Waals surface area contributed by atoms with Gasteiger partial charge in [-0.05, 0) is 19.3 Å². The molecule has 1 heterocycles. The summed E-state index contributed by atoms with van der Waals surface area (Å²) in [4.78, 5) is 4.28. The van der Waals surface area contributed by atoms with Crippen LogP contribution >= 0.6 is 11.8 Å². The first-order valence-corrected chi connectivity index (χ1v) is 10.4. The Hall–Kier alpha value is -0.600. The Labute approximate surface area is 130 Å². The molecule has 1 aromatic heterocycles. The van der Waals surface area contributed by atoms with Gasteiger partial charge in [-0.15, -0.1) is 0 Å². The molecule has 2 rings (SSSR count). The Morgan fingerprint density at radius 1 is 1.38 bits per heavy atom. The summed E-state index contributed by atoms with van der Waals surface area (Å²) in [6, 6.07) is -0.513. The number of aromatic nitrogens is 2. The topological polar surface area (TPSA) is 99.1 Å². The fourth-order valence-corrected chi connectivity index (χ4v) is 4.22. The summed E-state index contributed by atoms with van der Waals surface area (Å²) in [7, 11) is -3.02. The zero-order valence-corrected chi connectivity index (χ0v) is 14.0. The van der Waals surface area contributed by atoms with E-state index in [4.69, 9.17) is 10.3 Å². The predicted octanol–water partition coefficient (Wildman–Crippen LogP) is 2.07. The molecule has 1 aliphatic rings. The molecule has 120 valence electrons. The molecule has 0 amide bonds. The van der Waals surface area contributed by atoms with Crippen LogP contribution in [0.1, 0.15) is 56.3 Å². The molecule has 0 aliphatic heterocycles. The lowest BCUT2D eigenvalue weighted by Gasteiger charge is -2.19. The first-order chi connectivity index (χ1) is 9.94. The molecular weight excluding hydrogens is 310 g/mol. The molecule has 21 heavy (non-hydrogen) atoms. The Kier molecular flexibility index (Phi) is 6.07. The van der Waals surface area contributed by atoms with Crippen molar-refractivity contribution >= 4 is 21.6 Å². The first kappa shape index (κ1) is 16.8. The van der Waals surface area contributed by atoms with Crippen molar-refractivity contribution in [3.63, 3.8) is 0 Å². The summed E-state index contributed by atoms with van der Waals surface area (Å²) in [6.07, 6.45) is 8.00. The van der Waals surface area contributed by atoms with Gasteiger partial charge in [0.15, 0.2) is 5.82 Å². The summed E-state index contributed by atoms with van der Waals surface area (Å²) in [6.45, 7) is 0. The lowest BCUT2D eigenvalue weighted by molar-refractivity contribution is 0.349. The van der Waals surface area contributed by atoms with E-state index in [1.54, 1.807) is 0 Å². The van der Waals surface area contributed by atoms with Crippen LogP contribution in [0.15, 0.2) is 4.52 Å². The SMILES string of the molecule is CS(=O)(=O)CCC(N)c1nc(CSC2CCCCC2)no1. The summed E-state index contributed by atoms with van der Waals surface area (Å²) in [5.41, 5.74) is 5.89. The third kappa shape index (κ3) is 5.96. The van der Waals surface area contributed by atoms with Gasteiger partial charge in [0, 0.05) is 11.5 Å². The number of nitrogens with two attached hydrogens (primary N) is 1. The van der Waals surface area contributed by atoms with Gasteiger partial charge in [0.05, 0.1) is 17.5 Å². The number of hydrogen-bond donors (Lipinski definition) is 1. The second kappa shape index (κ2) is 7.60. The monoisotopic (exact) mass is 333 g/mol. The largest absolute Gasteiger partial charge is 0.338 e. The van der Waals surface area contributed by atoms with Crippen LogP contribution in [-0.2, 0) is 15.6 Å². The van der Waals surface area contributed by atoms with Gasteiger partial charge in [0.25, 0.3) is 0 Å². The van der Waals surface area contributed by atoms with Gasteiger partial charge in [-0.3, -0.25) is 0 Å². The number of sulfone groups is 1. The molecule has 0 bridgehead atoms. The summed E-state index contributed by atoms with van der Waals surface area (Å²) in [5, 5.41) is 4.62. The highest BCUT2D eigenvalue weighted by molar-refractivity contribution is 7.99. The van der Waals surface area contributed by atoms with Crippen molar-refractivity contribution in [2.24, 2.45) is 5.73 Å². The summed E-state index contributed by atoms with van der Waals surface area (Å²) >= 11 is 1.87. The van der Waals surface area contributed by atoms with Crippen molar-refractivity contribution in [2.75, 3.05) is 12.0 Å². The van der Waals surface area contributed by atoms with Crippen molar-refractivity contribution in [2.45, 2.75) is 55.6 Å². The maximum absolute atomic E-state index is 11.1. The lowest BCUT2D eigenvalue weighted by Crippen LogP contribution is -2.16. The van der Waals surface area contributed by atoms with E-state index in [0.717, 1.165) is 5.75 Å². The van der Waals surface area contributed by atoms with Crippen molar-refractivity contribution in [1.29, 1.82) is 0 Å². The molecule has 0 radical (unpaired) electrons. The minimum atomic E-state index is -3.02. The highest BCUT2D eigenvalue weighted by Gasteiger charge is 2.19. The molecule has 0 spiro atoms. The Morgan fingerprint density at radius 2 is 2.10 bits per heavy atom. The second-order valence-corrected chi connectivity index (χ2v) is 9.19. The standard InChI is InChI=1S/C13H23N3O3S2/c1-21(17,18)8-7-11(14)13-15-12(16-19-13)9-20-10-5-3-2-4-6-10/h10-11H,2-9,14H2,1H3. The van der Waals surface area contributed by atoms with Crippen molar-refractivity contribution in [3.8, 4) is 0 Å². The van der Waals surface area contributed by atoms with Crippen LogP contribution in [0.25, 0.3) is 0 Å². The number of rotatable bonds is 7. The quantitative estimate of drug-likeness (QED) is 0.815. The van der Waals surface area contributed by atoms with E-state index in [2.05, 4.69) is 10.1 Å². The third-order valence-corrected chi connectivity index (χ3v) is 5.95. The fourth-order valence-electron chi connectivity index (χ4n) is 2.37. The van der Waals surface area contributed by atoms with Crippen molar-refractivity contribution in [1.82, 2.24) is 10.1 Å².